The van der Waals surface area contributed by atoms with Gasteiger partial charge < -0.3 is 20.1 Å². The van der Waals surface area contributed by atoms with Crippen LogP contribution in [0.15, 0.2) is 42.6 Å². The first kappa shape index (κ1) is 16.1. The topological polar surface area (TPSA) is 72.5 Å². The molecule has 2 atom stereocenters. The van der Waals surface area contributed by atoms with E-state index in [-0.39, 0.29) is 18.0 Å². The van der Waals surface area contributed by atoms with Gasteiger partial charge in [-0.2, -0.15) is 0 Å². The maximum Gasteiger partial charge on any atom is 0.242 e. The summed E-state index contributed by atoms with van der Waals surface area (Å²) in [7, 11) is 1.57. The number of para-hydroxylation sites is 1. The highest BCUT2D eigenvalue weighted by Gasteiger charge is 2.24. The molecule has 126 valence electrons. The molecule has 1 aromatic carbocycles. The molecule has 0 spiro atoms. The second kappa shape index (κ2) is 7.21. The van der Waals surface area contributed by atoms with Crippen LogP contribution in [0.5, 0.6) is 11.6 Å². The maximum atomic E-state index is 12.5. The van der Waals surface area contributed by atoms with Gasteiger partial charge in [-0.3, -0.25) is 4.79 Å². The molecule has 0 saturated heterocycles. The van der Waals surface area contributed by atoms with Crippen molar-refractivity contribution in [1.29, 1.82) is 0 Å². The van der Waals surface area contributed by atoms with Crippen molar-refractivity contribution in [3.63, 3.8) is 0 Å². The zero-order chi connectivity index (χ0) is 16.9. The van der Waals surface area contributed by atoms with E-state index >= 15 is 0 Å². The number of anilines is 1. The number of nitrogens with one attached hydrogen (secondary N) is 2. The fourth-order valence-corrected chi connectivity index (χ4v) is 2.69. The summed E-state index contributed by atoms with van der Waals surface area (Å²) in [5.74, 6) is 1.32. The molecule has 0 fully saturated rings. The summed E-state index contributed by atoms with van der Waals surface area (Å²) in [6.07, 6.45) is 2.41. The van der Waals surface area contributed by atoms with Crippen LogP contribution in [-0.4, -0.2) is 30.6 Å². The molecule has 0 bridgehead atoms. The normalized spacial score (nSPS) is 17.2. The van der Waals surface area contributed by atoms with E-state index in [2.05, 4.69) is 15.6 Å². The van der Waals surface area contributed by atoms with E-state index in [0.29, 0.717) is 12.5 Å². The fourth-order valence-electron chi connectivity index (χ4n) is 2.69. The number of ether oxygens (including phenoxy) is 2. The fraction of sp³-hybridized carbons (Fsp3) is 0.333. The molecule has 1 aromatic heterocycles. The lowest BCUT2D eigenvalue weighted by molar-refractivity contribution is -0.122. The minimum atomic E-state index is -0.379. The zero-order valence-electron chi connectivity index (χ0n) is 13.8. The van der Waals surface area contributed by atoms with Gasteiger partial charge in [0.25, 0.3) is 0 Å². The van der Waals surface area contributed by atoms with Crippen LogP contribution in [0.4, 0.5) is 5.69 Å². The van der Waals surface area contributed by atoms with Crippen molar-refractivity contribution >= 4 is 11.6 Å². The smallest absolute Gasteiger partial charge is 0.242 e. The molecular weight excluding hydrogens is 306 g/mol. The zero-order valence-corrected chi connectivity index (χ0v) is 13.8. The largest absolute Gasteiger partial charge is 0.493 e. The lowest BCUT2D eigenvalue weighted by Gasteiger charge is -2.28. The number of pyridine rings is 1. The number of carbonyl (C=O) groups is 1. The van der Waals surface area contributed by atoms with Gasteiger partial charge in [0, 0.05) is 18.1 Å². The Labute approximate surface area is 141 Å². The SMILES string of the molecule is COc1ccc(N[C@@H](C)C(=O)N[C@H]2CCOc3ccccc32)cn1. The van der Waals surface area contributed by atoms with Crippen LogP contribution in [0.3, 0.4) is 0 Å². The van der Waals surface area contributed by atoms with Gasteiger partial charge in [-0.15, -0.1) is 0 Å². The Bertz CT molecular complexity index is 703. The van der Waals surface area contributed by atoms with Crippen LogP contribution in [0.2, 0.25) is 0 Å². The molecule has 1 aliphatic heterocycles. The van der Waals surface area contributed by atoms with Crippen LogP contribution in [0, 0.1) is 0 Å². The van der Waals surface area contributed by atoms with Crippen LogP contribution in [0.25, 0.3) is 0 Å². The third-order valence-electron chi connectivity index (χ3n) is 4.00. The Hall–Kier alpha value is -2.76. The summed E-state index contributed by atoms with van der Waals surface area (Å²) in [6, 6.07) is 11.0. The molecule has 0 aliphatic carbocycles. The van der Waals surface area contributed by atoms with Crippen LogP contribution in [-0.2, 0) is 4.79 Å². The number of aromatic nitrogens is 1. The Kier molecular flexibility index (Phi) is 4.84. The average molecular weight is 327 g/mol. The quantitative estimate of drug-likeness (QED) is 0.883. The predicted molar refractivity (Wildman–Crippen MR) is 91.3 cm³/mol. The number of carbonyl (C=O) groups excluding carboxylic acids is 1. The first-order valence-corrected chi connectivity index (χ1v) is 7.96. The molecule has 6 nitrogen and oxygen atoms in total. The molecule has 6 heteroatoms. The standard InChI is InChI=1S/C18H21N3O3/c1-12(20-13-7-8-17(23-2)19-11-13)18(22)21-15-9-10-24-16-6-4-3-5-14(15)16/h3-8,11-12,15,20H,9-10H2,1-2H3,(H,21,22)/t12-,15-/m0/s1. The highest BCUT2D eigenvalue weighted by atomic mass is 16.5. The molecule has 1 aliphatic rings. The first-order chi connectivity index (χ1) is 11.7. The maximum absolute atomic E-state index is 12.5. The Balaban J connectivity index is 1.62. The molecule has 1 amide bonds. The number of benzene rings is 1. The molecule has 3 rings (SSSR count). The molecule has 0 saturated carbocycles. The van der Waals surface area contributed by atoms with Gasteiger partial charge in [-0.25, -0.2) is 4.98 Å². The Morgan fingerprint density at radius 3 is 2.92 bits per heavy atom. The summed E-state index contributed by atoms with van der Waals surface area (Å²) < 4.78 is 10.7. The van der Waals surface area contributed by atoms with Crippen LogP contribution in [0.1, 0.15) is 24.9 Å². The summed E-state index contributed by atoms with van der Waals surface area (Å²) >= 11 is 0. The second-order valence-corrected chi connectivity index (χ2v) is 5.69. The third-order valence-corrected chi connectivity index (χ3v) is 4.00. The molecule has 0 unspecified atom stereocenters. The van der Waals surface area contributed by atoms with Crippen LogP contribution < -0.4 is 20.1 Å². The van der Waals surface area contributed by atoms with Crippen molar-refractivity contribution in [1.82, 2.24) is 10.3 Å². The monoisotopic (exact) mass is 327 g/mol. The minimum absolute atomic E-state index is 0.0271. The van der Waals surface area contributed by atoms with Crippen LogP contribution >= 0.6 is 0 Å². The molecular formula is C18H21N3O3. The van der Waals surface area contributed by atoms with Gasteiger partial charge in [0.2, 0.25) is 11.8 Å². The van der Waals surface area contributed by atoms with E-state index in [1.54, 1.807) is 19.4 Å². The predicted octanol–water partition coefficient (Wildman–Crippen LogP) is 2.53. The second-order valence-electron chi connectivity index (χ2n) is 5.69. The lowest BCUT2D eigenvalue weighted by atomic mass is 10.0. The lowest BCUT2D eigenvalue weighted by Crippen LogP contribution is -2.41. The number of methoxy groups -OCH3 is 1. The van der Waals surface area contributed by atoms with Crippen molar-refractivity contribution in [2.75, 3.05) is 19.0 Å². The number of amides is 1. The van der Waals surface area contributed by atoms with Crippen molar-refractivity contribution in [3.05, 3.63) is 48.2 Å². The van der Waals surface area contributed by atoms with E-state index in [0.717, 1.165) is 23.4 Å². The number of hydrogen-bond donors (Lipinski definition) is 2. The molecule has 0 radical (unpaired) electrons. The minimum Gasteiger partial charge on any atom is -0.493 e. The summed E-state index contributed by atoms with van der Waals surface area (Å²) in [5.41, 5.74) is 1.79. The first-order valence-electron chi connectivity index (χ1n) is 7.96. The molecule has 2 N–H and O–H groups in total. The van der Waals surface area contributed by atoms with E-state index in [4.69, 9.17) is 9.47 Å². The van der Waals surface area contributed by atoms with Gasteiger partial charge in [-0.1, -0.05) is 18.2 Å². The van der Waals surface area contributed by atoms with E-state index in [1.807, 2.05) is 37.3 Å². The summed E-state index contributed by atoms with van der Waals surface area (Å²) in [4.78, 5) is 16.6. The highest BCUT2D eigenvalue weighted by molar-refractivity contribution is 5.84. The van der Waals surface area contributed by atoms with Crippen molar-refractivity contribution in [2.45, 2.75) is 25.4 Å². The Morgan fingerprint density at radius 2 is 2.17 bits per heavy atom. The summed E-state index contributed by atoms with van der Waals surface area (Å²) in [5, 5.41) is 6.24. The average Bonchev–Trinajstić information content (AvgIpc) is 2.62. The molecule has 2 aromatic rings. The number of fused-ring (bicyclic) bond motifs is 1. The van der Waals surface area contributed by atoms with Gasteiger partial charge in [0.1, 0.15) is 11.8 Å². The number of nitrogens with zero attached hydrogens (tertiary/aromatic N) is 1. The van der Waals surface area contributed by atoms with Gasteiger partial charge in [-0.05, 0) is 19.1 Å². The van der Waals surface area contributed by atoms with Gasteiger partial charge >= 0.3 is 0 Å². The van der Waals surface area contributed by atoms with E-state index in [1.165, 1.54) is 0 Å². The summed E-state index contributed by atoms with van der Waals surface area (Å²) in [6.45, 7) is 2.43. The Morgan fingerprint density at radius 1 is 1.33 bits per heavy atom. The van der Waals surface area contributed by atoms with Gasteiger partial charge in [0.05, 0.1) is 31.6 Å². The highest BCUT2D eigenvalue weighted by Crippen LogP contribution is 2.31. The third kappa shape index (κ3) is 3.59. The molecule has 2 heterocycles. The number of rotatable bonds is 5. The van der Waals surface area contributed by atoms with Crippen molar-refractivity contribution in [3.8, 4) is 11.6 Å². The van der Waals surface area contributed by atoms with Crippen molar-refractivity contribution < 1.29 is 14.3 Å². The number of hydrogen-bond acceptors (Lipinski definition) is 5. The van der Waals surface area contributed by atoms with E-state index < -0.39 is 0 Å². The van der Waals surface area contributed by atoms with Crippen molar-refractivity contribution in [2.24, 2.45) is 0 Å². The molecule has 24 heavy (non-hydrogen) atoms. The van der Waals surface area contributed by atoms with Gasteiger partial charge in [0.15, 0.2) is 0 Å². The van der Waals surface area contributed by atoms with E-state index in [9.17, 15) is 4.79 Å².